The van der Waals surface area contributed by atoms with Gasteiger partial charge in [-0.3, -0.25) is 0 Å². The summed E-state index contributed by atoms with van der Waals surface area (Å²) in [5.74, 6) is 0. The molecule has 2 N–H and O–H groups in total. The maximum absolute atomic E-state index is 8.70. The molecule has 0 saturated carbocycles. The van der Waals surface area contributed by atoms with Crippen LogP contribution in [-0.2, 0) is 4.74 Å². The van der Waals surface area contributed by atoms with Crippen LogP contribution in [0, 0.1) is 0 Å². The van der Waals surface area contributed by atoms with Crippen LogP contribution in [0.1, 0.15) is 17.2 Å². The lowest BCUT2D eigenvalue weighted by atomic mass is 9.99. The van der Waals surface area contributed by atoms with Crippen LogP contribution >= 0.6 is 11.6 Å². The second-order valence-electron chi connectivity index (χ2n) is 4.69. The van der Waals surface area contributed by atoms with Crippen molar-refractivity contribution in [2.45, 2.75) is 6.04 Å². The third-order valence-corrected chi connectivity index (χ3v) is 3.42. The number of hydrogen-bond acceptors (Lipinski definition) is 3. The van der Waals surface area contributed by atoms with Crippen molar-refractivity contribution < 1.29 is 9.84 Å². The molecule has 0 heterocycles. The highest BCUT2D eigenvalue weighted by Crippen LogP contribution is 2.23. The Kier molecular flexibility index (Phi) is 6.70. The van der Waals surface area contributed by atoms with Gasteiger partial charge in [0, 0.05) is 11.6 Å². The maximum atomic E-state index is 8.70. The van der Waals surface area contributed by atoms with Crippen molar-refractivity contribution >= 4 is 11.6 Å². The van der Waals surface area contributed by atoms with E-state index in [1.165, 1.54) is 5.56 Å². The zero-order valence-corrected chi connectivity index (χ0v) is 12.6. The van der Waals surface area contributed by atoms with E-state index in [4.69, 9.17) is 21.4 Å². The number of nitrogens with one attached hydrogen (secondary N) is 1. The second-order valence-corrected chi connectivity index (χ2v) is 5.12. The van der Waals surface area contributed by atoms with Crippen molar-refractivity contribution in [2.75, 3.05) is 26.4 Å². The van der Waals surface area contributed by atoms with Gasteiger partial charge in [0.2, 0.25) is 0 Å². The minimum atomic E-state index is 0.0549. The average molecular weight is 306 g/mol. The summed E-state index contributed by atoms with van der Waals surface area (Å²) < 4.78 is 5.29. The van der Waals surface area contributed by atoms with Crippen LogP contribution in [0.2, 0.25) is 5.02 Å². The second kappa shape index (κ2) is 8.80. The molecule has 0 aromatic heterocycles. The highest BCUT2D eigenvalue weighted by atomic mass is 35.5. The number of aliphatic hydroxyl groups excluding tert-OH is 1. The summed E-state index contributed by atoms with van der Waals surface area (Å²) in [5.41, 5.74) is 2.36. The first kappa shape index (κ1) is 16.0. The molecule has 0 radical (unpaired) electrons. The predicted molar refractivity (Wildman–Crippen MR) is 85.6 cm³/mol. The third-order valence-electron chi connectivity index (χ3n) is 3.17. The third kappa shape index (κ3) is 5.14. The molecule has 0 spiro atoms. The van der Waals surface area contributed by atoms with E-state index >= 15 is 0 Å². The van der Waals surface area contributed by atoms with E-state index in [1.54, 1.807) is 0 Å². The van der Waals surface area contributed by atoms with Gasteiger partial charge in [-0.1, -0.05) is 54.1 Å². The first-order valence-electron chi connectivity index (χ1n) is 7.03. The average Bonchev–Trinajstić information content (AvgIpc) is 2.53. The Morgan fingerprint density at radius 3 is 2.29 bits per heavy atom. The lowest BCUT2D eigenvalue weighted by molar-refractivity contribution is 0.0931. The molecule has 0 aliphatic heterocycles. The molecule has 112 valence electrons. The summed E-state index contributed by atoms with van der Waals surface area (Å²) in [6.45, 7) is 1.71. The number of benzene rings is 2. The van der Waals surface area contributed by atoms with Gasteiger partial charge in [-0.25, -0.2) is 0 Å². The Morgan fingerprint density at radius 1 is 0.952 bits per heavy atom. The van der Waals surface area contributed by atoms with E-state index in [1.807, 2.05) is 42.5 Å². The van der Waals surface area contributed by atoms with Crippen molar-refractivity contribution in [1.82, 2.24) is 5.32 Å². The summed E-state index contributed by atoms with van der Waals surface area (Å²) in [6.07, 6.45) is 0. The fourth-order valence-electron chi connectivity index (χ4n) is 2.17. The van der Waals surface area contributed by atoms with Crippen LogP contribution in [-0.4, -0.2) is 31.5 Å². The number of hydrogen-bond donors (Lipinski definition) is 2. The molecule has 2 aromatic carbocycles. The number of rotatable bonds is 8. The molecular formula is C17H20ClNO2. The number of aliphatic hydroxyl groups is 1. The molecule has 0 fully saturated rings. The molecule has 0 bridgehead atoms. The van der Waals surface area contributed by atoms with Crippen LogP contribution in [0.5, 0.6) is 0 Å². The predicted octanol–water partition coefficient (Wildman–Crippen LogP) is 3.03. The van der Waals surface area contributed by atoms with Gasteiger partial charge in [0.1, 0.15) is 0 Å². The number of ether oxygens (including phenoxy) is 1. The summed E-state index contributed by atoms with van der Waals surface area (Å²) in [4.78, 5) is 0. The molecule has 0 amide bonds. The first-order valence-corrected chi connectivity index (χ1v) is 7.41. The van der Waals surface area contributed by atoms with Gasteiger partial charge < -0.3 is 15.2 Å². The summed E-state index contributed by atoms with van der Waals surface area (Å²) >= 11 is 5.96. The van der Waals surface area contributed by atoms with E-state index < -0.39 is 0 Å². The fourth-order valence-corrected chi connectivity index (χ4v) is 2.30. The Bertz CT molecular complexity index is 516. The molecule has 3 nitrogen and oxygen atoms in total. The van der Waals surface area contributed by atoms with E-state index in [-0.39, 0.29) is 12.6 Å². The molecule has 2 rings (SSSR count). The van der Waals surface area contributed by atoms with E-state index in [2.05, 4.69) is 17.4 Å². The Balaban J connectivity index is 2.06. The topological polar surface area (TPSA) is 41.5 Å². The maximum Gasteiger partial charge on any atom is 0.0698 e. The molecule has 1 unspecified atom stereocenters. The first-order chi connectivity index (χ1) is 10.3. The number of halogens is 1. The molecule has 2 aromatic rings. The van der Waals surface area contributed by atoms with Crippen molar-refractivity contribution in [3.05, 3.63) is 70.7 Å². The van der Waals surface area contributed by atoms with Gasteiger partial charge in [0.15, 0.2) is 0 Å². The van der Waals surface area contributed by atoms with Gasteiger partial charge in [0.25, 0.3) is 0 Å². The van der Waals surface area contributed by atoms with Crippen LogP contribution in [0.3, 0.4) is 0 Å². The fraction of sp³-hybridized carbons (Fsp3) is 0.294. The molecule has 1 atom stereocenters. The molecule has 4 heteroatoms. The zero-order valence-electron chi connectivity index (χ0n) is 11.8. The Hall–Kier alpha value is -1.39. The van der Waals surface area contributed by atoms with Crippen LogP contribution in [0.4, 0.5) is 0 Å². The summed E-state index contributed by atoms with van der Waals surface area (Å²) in [6, 6.07) is 18.2. The quantitative estimate of drug-likeness (QED) is 0.737. The normalized spacial score (nSPS) is 12.3. The van der Waals surface area contributed by atoms with Crippen LogP contribution < -0.4 is 5.32 Å². The molecule has 0 saturated heterocycles. The molecule has 0 aliphatic carbocycles. The van der Waals surface area contributed by atoms with E-state index in [0.717, 1.165) is 10.6 Å². The van der Waals surface area contributed by atoms with Gasteiger partial charge in [0.05, 0.1) is 25.9 Å². The minimum absolute atomic E-state index is 0.0549. The minimum Gasteiger partial charge on any atom is -0.394 e. The van der Waals surface area contributed by atoms with Gasteiger partial charge >= 0.3 is 0 Å². The van der Waals surface area contributed by atoms with Crippen molar-refractivity contribution in [3.8, 4) is 0 Å². The molecular weight excluding hydrogens is 286 g/mol. The standard InChI is InChI=1S/C17H20ClNO2/c18-16-8-6-15(7-9-16)17(14-4-2-1-3-5-14)19-10-12-21-13-11-20/h1-9,17,19-20H,10-13H2. The molecule has 0 aliphatic rings. The Labute approximate surface area is 130 Å². The van der Waals surface area contributed by atoms with E-state index in [0.29, 0.717) is 19.8 Å². The van der Waals surface area contributed by atoms with Gasteiger partial charge in [-0.15, -0.1) is 0 Å². The highest BCUT2D eigenvalue weighted by molar-refractivity contribution is 6.30. The largest absolute Gasteiger partial charge is 0.394 e. The lowest BCUT2D eigenvalue weighted by Crippen LogP contribution is -2.26. The zero-order chi connectivity index (χ0) is 14.9. The highest BCUT2D eigenvalue weighted by Gasteiger charge is 2.12. The van der Waals surface area contributed by atoms with Crippen LogP contribution in [0.15, 0.2) is 54.6 Å². The Morgan fingerprint density at radius 2 is 1.62 bits per heavy atom. The van der Waals surface area contributed by atoms with Crippen molar-refractivity contribution in [3.63, 3.8) is 0 Å². The summed E-state index contributed by atoms with van der Waals surface area (Å²) in [7, 11) is 0. The van der Waals surface area contributed by atoms with Gasteiger partial charge in [-0.2, -0.15) is 0 Å². The van der Waals surface area contributed by atoms with Crippen molar-refractivity contribution in [1.29, 1.82) is 0 Å². The SMILES string of the molecule is OCCOCCNC(c1ccccc1)c1ccc(Cl)cc1. The van der Waals surface area contributed by atoms with Crippen LogP contribution in [0.25, 0.3) is 0 Å². The summed E-state index contributed by atoms with van der Waals surface area (Å²) in [5, 5.41) is 12.9. The van der Waals surface area contributed by atoms with Crippen molar-refractivity contribution in [2.24, 2.45) is 0 Å². The lowest BCUT2D eigenvalue weighted by Gasteiger charge is -2.20. The molecule has 21 heavy (non-hydrogen) atoms. The van der Waals surface area contributed by atoms with E-state index in [9.17, 15) is 0 Å². The smallest absolute Gasteiger partial charge is 0.0698 e. The van der Waals surface area contributed by atoms with Gasteiger partial charge in [-0.05, 0) is 23.3 Å². The monoisotopic (exact) mass is 305 g/mol.